The van der Waals surface area contributed by atoms with E-state index in [1.54, 1.807) is 23.8 Å². The van der Waals surface area contributed by atoms with E-state index >= 15 is 0 Å². The Hall–Kier alpha value is -2.16. The topological polar surface area (TPSA) is 58.3 Å². The van der Waals surface area contributed by atoms with E-state index < -0.39 is 0 Å². The van der Waals surface area contributed by atoms with Gasteiger partial charge >= 0.3 is 0 Å². The van der Waals surface area contributed by atoms with E-state index in [4.69, 9.17) is 10.00 Å². The zero-order chi connectivity index (χ0) is 17.1. The van der Waals surface area contributed by atoms with Gasteiger partial charge in [0.1, 0.15) is 0 Å². The molecule has 0 bridgehead atoms. The third-order valence-corrected chi connectivity index (χ3v) is 4.88. The summed E-state index contributed by atoms with van der Waals surface area (Å²) in [7, 11) is 1.76. The minimum atomic E-state index is -0.00427. The van der Waals surface area contributed by atoms with Crippen molar-refractivity contribution in [2.75, 3.05) is 26.7 Å². The van der Waals surface area contributed by atoms with Crippen molar-refractivity contribution in [1.29, 1.82) is 5.26 Å². The average molecular weight is 325 g/mol. The van der Waals surface area contributed by atoms with Crippen LogP contribution in [0.15, 0.2) is 29.1 Å². The van der Waals surface area contributed by atoms with Crippen LogP contribution < -0.4 is 5.56 Å². The van der Waals surface area contributed by atoms with E-state index in [0.29, 0.717) is 12.1 Å². The van der Waals surface area contributed by atoms with E-state index in [2.05, 4.69) is 11.0 Å². The standard InChI is InChI=1S/C19H23N3O2/c1-14-10-19(23)22(18-11-15(12-20)5-6-17(14)18)9-8-21-7-3-4-16(13-21)24-2/h5-6,10-11,16H,3-4,7-9,13H2,1-2H3/t16-/m0/s1. The zero-order valence-corrected chi connectivity index (χ0v) is 14.3. The highest BCUT2D eigenvalue weighted by atomic mass is 16.5. The van der Waals surface area contributed by atoms with Gasteiger partial charge in [0.25, 0.3) is 5.56 Å². The number of ether oxygens (including phenoxy) is 1. The molecule has 0 N–H and O–H groups in total. The quantitative estimate of drug-likeness (QED) is 0.865. The number of hydrogen-bond donors (Lipinski definition) is 0. The molecule has 5 heteroatoms. The van der Waals surface area contributed by atoms with Crippen molar-refractivity contribution in [3.8, 4) is 6.07 Å². The first-order valence-corrected chi connectivity index (χ1v) is 8.42. The molecule has 126 valence electrons. The van der Waals surface area contributed by atoms with Crippen LogP contribution in [0.4, 0.5) is 0 Å². The number of nitrogens with zero attached hydrogens (tertiary/aromatic N) is 3. The fourth-order valence-corrected chi connectivity index (χ4v) is 3.50. The van der Waals surface area contributed by atoms with Gasteiger partial charge in [0.15, 0.2) is 0 Å². The highest BCUT2D eigenvalue weighted by Gasteiger charge is 2.19. The van der Waals surface area contributed by atoms with Crippen LogP contribution in [0, 0.1) is 18.3 Å². The number of benzene rings is 1. The van der Waals surface area contributed by atoms with Gasteiger partial charge in [-0.25, -0.2) is 0 Å². The number of aryl methyl sites for hydroxylation is 1. The van der Waals surface area contributed by atoms with Crippen molar-refractivity contribution in [2.24, 2.45) is 0 Å². The van der Waals surface area contributed by atoms with Crippen molar-refractivity contribution >= 4 is 10.9 Å². The maximum absolute atomic E-state index is 12.5. The number of hydrogen-bond acceptors (Lipinski definition) is 4. The molecule has 0 radical (unpaired) electrons. The lowest BCUT2D eigenvalue weighted by molar-refractivity contribution is 0.0303. The van der Waals surface area contributed by atoms with E-state index in [-0.39, 0.29) is 11.7 Å². The highest BCUT2D eigenvalue weighted by Crippen LogP contribution is 2.19. The van der Waals surface area contributed by atoms with Crippen molar-refractivity contribution < 1.29 is 4.74 Å². The fourth-order valence-electron chi connectivity index (χ4n) is 3.50. The largest absolute Gasteiger partial charge is 0.380 e. The summed E-state index contributed by atoms with van der Waals surface area (Å²) < 4.78 is 7.26. The third-order valence-electron chi connectivity index (χ3n) is 4.88. The van der Waals surface area contributed by atoms with Crippen LogP contribution in [0.2, 0.25) is 0 Å². The van der Waals surface area contributed by atoms with Gasteiger partial charge in [-0.1, -0.05) is 6.07 Å². The van der Waals surface area contributed by atoms with Gasteiger partial charge in [-0.05, 0) is 44.0 Å². The molecule has 1 saturated heterocycles. The Morgan fingerprint density at radius 1 is 1.33 bits per heavy atom. The highest BCUT2D eigenvalue weighted by molar-refractivity contribution is 5.83. The maximum atomic E-state index is 12.5. The molecule has 1 aromatic heterocycles. The van der Waals surface area contributed by atoms with Gasteiger partial charge in [0, 0.05) is 38.2 Å². The van der Waals surface area contributed by atoms with Crippen LogP contribution in [0.25, 0.3) is 10.9 Å². The smallest absolute Gasteiger partial charge is 0.251 e. The molecular formula is C19H23N3O2. The van der Waals surface area contributed by atoms with Crippen molar-refractivity contribution in [3.05, 3.63) is 45.7 Å². The molecule has 1 aromatic carbocycles. The van der Waals surface area contributed by atoms with Gasteiger partial charge in [0.2, 0.25) is 0 Å². The Morgan fingerprint density at radius 3 is 2.92 bits per heavy atom. The van der Waals surface area contributed by atoms with Crippen LogP contribution >= 0.6 is 0 Å². The van der Waals surface area contributed by atoms with Crippen LogP contribution in [0.3, 0.4) is 0 Å². The SMILES string of the molecule is CO[C@H]1CCCN(CCn2c(=O)cc(C)c3ccc(C#N)cc32)C1. The molecule has 2 aromatic rings. The molecule has 24 heavy (non-hydrogen) atoms. The van der Waals surface area contributed by atoms with E-state index in [1.807, 2.05) is 19.1 Å². The number of methoxy groups -OCH3 is 1. The Bertz CT molecular complexity index is 835. The number of nitriles is 1. The molecule has 1 aliphatic heterocycles. The Morgan fingerprint density at radius 2 is 2.17 bits per heavy atom. The second-order valence-corrected chi connectivity index (χ2v) is 6.46. The first-order valence-electron chi connectivity index (χ1n) is 8.42. The van der Waals surface area contributed by atoms with Crippen LogP contribution in [-0.2, 0) is 11.3 Å². The normalized spacial score (nSPS) is 18.6. The molecule has 1 fully saturated rings. The Labute approximate surface area is 142 Å². The minimum absolute atomic E-state index is 0.00427. The number of pyridine rings is 1. The molecule has 0 amide bonds. The first kappa shape index (κ1) is 16.7. The van der Waals surface area contributed by atoms with E-state index in [1.165, 1.54) is 0 Å². The van der Waals surface area contributed by atoms with Crippen LogP contribution in [0.5, 0.6) is 0 Å². The van der Waals surface area contributed by atoms with Gasteiger partial charge in [-0.3, -0.25) is 9.69 Å². The number of likely N-dealkylation sites (tertiary alicyclic amines) is 1. The summed E-state index contributed by atoms with van der Waals surface area (Å²) in [6.07, 6.45) is 2.52. The number of rotatable bonds is 4. The van der Waals surface area contributed by atoms with Gasteiger partial charge in [-0.15, -0.1) is 0 Å². The monoisotopic (exact) mass is 325 g/mol. The number of fused-ring (bicyclic) bond motifs is 1. The van der Waals surface area contributed by atoms with E-state index in [0.717, 1.165) is 48.9 Å². The number of aromatic nitrogens is 1. The summed E-state index contributed by atoms with van der Waals surface area (Å²) in [5.74, 6) is 0. The first-order chi connectivity index (χ1) is 11.6. The summed E-state index contributed by atoms with van der Waals surface area (Å²) in [5.41, 5.74) is 2.38. The lowest BCUT2D eigenvalue weighted by Gasteiger charge is -2.32. The average Bonchev–Trinajstić information content (AvgIpc) is 2.61. The molecule has 0 saturated carbocycles. The fraction of sp³-hybridized carbons (Fsp3) is 0.474. The second kappa shape index (κ2) is 7.16. The molecular weight excluding hydrogens is 302 g/mol. The van der Waals surface area contributed by atoms with Crippen molar-refractivity contribution in [1.82, 2.24) is 9.47 Å². The molecule has 3 rings (SSSR count). The maximum Gasteiger partial charge on any atom is 0.251 e. The number of piperidine rings is 1. The molecule has 0 aliphatic carbocycles. The lowest BCUT2D eigenvalue weighted by Crippen LogP contribution is -2.41. The van der Waals surface area contributed by atoms with E-state index in [9.17, 15) is 4.79 Å². The Kier molecular flexibility index (Phi) is 4.98. The van der Waals surface area contributed by atoms with Crippen LogP contribution in [0.1, 0.15) is 24.0 Å². The summed E-state index contributed by atoms with van der Waals surface area (Å²) in [4.78, 5) is 14.8. The second-order valence-electron chi connectivity index (χ2n) is 6.46. The van der Waals surface area contributed by atoms with Crippen molar-refractivity contribution in [2.45, 2.75) is 32.4 Å². The summed E-state index contributed by atoms with van der Waals surface area (Å²) in [6, 6.07) is 9.40. The van der Waals surface area contributed by atoms with Crippen molar-refractivity contribution in [3.63, 3.8) is 0 Å². The summed E-state index contributed by atoms with van der Waals surface area (Å²) in [6.45, 7) is 5.34. The summed E-state index contributed by atoms with van der Waals surface area (Å²) >= 11 is 0. The summed E-state index contributed by atoms with van der Waals surface area (Å²) in [5, 5.41) is 10.2. The predicted octanol–water partition coefficient (Wildman–Crippen LogP) is 2.29. The molecule has 0 unspecified atom stereocenters. The van der Waals surface area contributed by atoms with Gasteiger partial charge in [0.05, 0.1) is 23.3 Å². The van der Waals surface area contributed by atoms with Crippen LogP contribution in [-0.4, -0.2) is 42.3 Å². The molecule has 5 nitrogen and oxygen atoms in total. The minimum Gasteiger partial charge on any atom is -0.380 e. The molecule has 2 heterocycles. The molecule has 0 spiro atoms. The van der Waals surface area contributed by atoms with Gasteiger partial charge < -0.3 is 9.30 Å². The molecule has 1 aliphatic rings. The molecule has 1 atom stereocenters. The van der Waals surface area contributed by atoms with Gasteiger partial charge in [-0.2, -0.15) is 5.26 Å². The third kappa shape index (κ3) is 3.35. The predicted molar refractivity (Wildman–Crippen MR) is 94.1 cm³/mol. The Balaban J connectivity index is 1.88. The lowest BCUT2D eigenvalue weighted by atomic mass is 10.1. The zero-order valence-electron chi connectivity index (χ0n) is 14.3.